The first-order valence-corrected chi connectivity index (χ1v) is 8.56. The molecule has 0 aliphatic rings. The van der Waals surface area contributed by atoms with Crippen molar-refractivity contribution in [2.75, 3.05) is 0 Å². The monoisotopic (exact) mass is 358 g/mol. The molecular weight excluding hydrogens is 340 g/mol. The minimum absolute atomic E-state index is 0.182. The van der Waals surface area contributed by atoms with Gasteiger partial charge in [0.2, 0.25) is 0 Å². The van der Waals surface area contributed by atoms with Gasteiger partial charge in [0.15, 0.2) is 0 Å². The summed E-state index contributed by atoms with van der Waals surface area (Å²) < 4.78 is 1.87. The maximum Gasteiger partial charge on any atom is 0.336 e. The predicted octanol–water partition coefficient (Wildman–Crippen LogP) is 4.11. The zero-order chi connectivity index (χ0) is 19.1. The summed E-state index contributed by atoms with van der Waals surface area (Å²) in [6.07, 6.45) is 4.87. The zero-order valence-corrected chi connectivity index (χ0v) is 15.3. The summed E-state index contributed by atoms with van der Waals surface area (Å²) in [7, 11) is 0. The topological polar surface area (TPSA) is 80.9 Å². The van der Waals surface area contributed by atoms with Crippen LogP contribution in [0.15, 0.2) is 48.9 Å². The fraction of sp³-hybridized carbons (Fsp3) is 0.143. The van der Waals surface area contributed by atoms with Crippen LogP contribution in [0, 0.1) is 20.8 Å². The number of carboxylic acids is 1. The number of hydrogen-bond acceptors (Lipinski definition) is 4. The third-order valence-corrected chi connectivity index (χ3v) is 4.72. The molecule has 4 rings (SSSR count). The van der Waals surface area contributed by atoms with Crippen LogP contribution < -0.4 is 0 Å². The summed E-state index contributed by atoms with van der Waals surface area (Å²) in [6, 6.07) is 9.52. The van der Waals surface area contributed by atoms with Crippen LogP contribution in [0.3, 0.4) is 0 Å². The zero-order valence-electron chi connectivity index (χ0n) is 15.3. The molecule has 0 aliphatic carbocycles. The Hall–Kier alpha value is -3.54. The lowest BCUT2D eigenvalue weighted by molar-refractivity contribution is 0.0699. The Balaban J connectivity index is 1.92. The molecule has 0 bridgehead atoms. The first-order valence-electron chi connectivity index (χ1n) is 8.56. The van der Waals surface area contributed by atoms with Crippen molar-refractivity contribution >= 4 is 16.9 Å². The minimum atomic E-state index is -1.00. The summed E-state index contributed by atoms with van der Waals surface area (Å²) in [5, 5.41) is 14.7. The molecule has 0 radical (unpaired) electrons. The van der Waals surface area contributed by atoms with Crippen molar-refractivity contribution in [1.82, 2.24) is 19.7 Å². The highest BCUT2D eigenvalue weighted by Gasteiger charge is 2.17. The van der Waals surface area contributed by atoms with Crippen molar-refractivity contribution < 1.29 is 9.90 Å². The van der Waals surface area contributed by atoms with Gasteiger partial charge in [0.25, 0.3) is 0 Å². The van der Waals surface area contributed by atoms with Crippen LogP contribution in [0.4, 0.5) is 0 Å². The summed E-state index contributed by atoms with van der Waals surface area (Å²) in [4.78, 5) is 20.4. The first kappa shape index (κ1) is 16.9. The highest BCUT2D eigenvalue weighted by atomic mass is 16.4. The number of carbonyl (C=O) groups is 1. The third kappa shape index (κ3) is 2.85. The van der Waals surface area contributed by atoms with E-state index in [1.165, 1.54) is 6.20 Å². The maximum atomic E-state index is 11.7. The van der Waals surface area contributed by atoms with Gasteiger partial charge in [0.1, 0.15) is 0 Å². The number of fused-ring (bicyclic) bond motifs is 1. The summed E-state index contributed by atoms with van der Waals surface area (Å²) in [5.74, 6) is -1.00. The van der Waals surface area contributed by atoms with Gasteiger partial charge in [0, 0.05) is 23.3 Å². The molecule has 6 heteroatoms. The Morgan fingerprint density at radius 1 is 1.07 bits per heavy atom. The van der Waals surface area contributed by atoms with E-state index < -0.39 is 5.97 Å². The van der Waals surface area contributed by atoms with Crippen LogP contribution in [0.5, 0.6) is 0 Å². The van der Waals surface area contributed by atoms with E-state index in [2.05, 4.69) is 33.3 Å². The average molecular weight is 358 g/mol. The van der Waals surface area contributed by atoms with Crippen LogP contribution >= 0.6 is 0 Å². The van der Waals surface area contributed by atoms with Crippen LogP contribution in [-0.2, 0) is 0 Å². The smallest absolute Gasteiger partial charge is 0.336 e. The Morgan fingerprint density at radius 3 is 2.67 bits per heavy atom. The van der Waals surface area contributed by atoms with E-state index in [4.69, 9.17) is 0 Å². The number of hydrogen-bond donors (Lipinski definition) is 1. The lowest BCUT2D eigenvalue weighted by Gasteiger charge is -2.10. The van der Waals surface area contributed by atoms with Gasteiger partial charge in [-0.3, -0.25) is 4.98 Å². The lowest BCUT2D eigenvalue weighted by Crippen LogP contribution is -2.03. The molecule has 4 aromatic rings. The molecule has 0 atom stereocenters. The number of rotatable bonds is 3. The molecule has 1 aromatic carbocycles. The second kappa shape index (κ2) is 6.32. The van der Waals surface area contributed by atoms with Gasteiger partial charge in [-0.1, -0.05) is 12.1 Å². The van der Waals surface area contributed by atoms with E-state index in [0.29, 0.717) is 16.6 Å². The van der Waals surface area contributed by atoms with Crippen LogP contribution in [0.25, 0.3) is 27.8 Å². The quantitative estimate of drug-likeness (QED) is 0.596. The number of aryl methyl sites for hydroxylation is 2. The molecule has 0 fully saturated rings. The number of carboxylic acid groups (broad SMARTS) is 1. The third-order valence-electron chi connectivity index (χ3n) is 4.72. The van der Waals surface area contributed by atoms with Gasteiger partial charge in [-0.05, 0) is 50.1 Å². The van der Waals surface area contributed by atoms with Gasteiger partial charge >= 0.3 is 5.97 Å². The molecule has 27 heavy (non-hydrogen) atoms. The number of pyridine rings is 2. The standard InChI is InChI=1S/C21H18N4O2/c1-12-4-5-13(2)20(8-12)25-14(3)16(11-23-25)19-9-15(21(26)27)17-10-22-7-6-18(17)24-19/h4-11H,1-3H3,(H,26,27). The predicted molar refractivity (Wildman–Crippen MR) is 103 cm³/mol. The fourth-order valence-electron chi connectivity index (χ4n) is 3.24. The van der Waals surface area contributed by atoms with Gasteiger partial charge in [-0.25, -0.2) is 14.5 Å². The SMILES string of the molecule is Cc1ccc(C)c(-n2ncc(-c3cc(C(=O)O)c4cnccc4n3)c2C)c1. The Labute approximate surface area is 156 Å². The number of nitrogens with zero attached hydrogens (tertiary/aromatic N) is 4. The van der Waals surface area contributed by atoms with Crippen LogP contribution in [0.1, 0.15) is 27.2 Å². The van der Waals surface area contributed by atoms with Crippen molar-refractivity contribution in [3.63, 3.8) is 0 Å². The Morgan fingerprint density at radius 2 is 1.89 bits per heavy atom. The summed E-state index contributed by atoms with van der Waals surface area (Å²) in [6.45, 7) is 6.04. The molecule has 0 spiro atoms. The summed E-state index contributed by atoms with van der Waals surface area (Å²) in [5.41, 5.74) is 6.33. The first-order chi connectivity index (χ1) is 13.0. The Kier molecular flexibility index (Phi) is 3.96. The van der Waals surface area contributed by atoms with Crippen LogP contribution in [-0.4, -0.2) is 30.8 Å². The number of aromatic nitrogens is 4. The highest BCUT2D eigenvalue weighted by Crippen LogP contribution is 2.28. The second-order valence-corrected chi connectivity index (χ2v) is 6.60. The van der Waals surface area contributed by atoms with E-state index in [9.17, 15) is 9.90 Å². The van der Waals surface area contributed by atoms with E-state index in [0.717, 1.165) is 28.1 Å². The average Bonchev–Trinajstić information content (AvgIpc) is 3.04. The fourth-order valence-corrected chi connectivity index (χ4v) is 3.24. The minimum Gasteiger partial charge on any atom is -0.478 e. The largest absolute Gasteiger partial charge is 0.478 e. The molecule has 1 N–H and O–H groups in total. The Bertz CT molecular complexity index is 1190. The van der Waals surface area contributed by atoms with E-state index >= 15 is 0 Å². The van der Waals surface area contributed by atoms with E-state index in [-0.39, 0.29) is 5.56 Å². The second-order valence-electron chi connectivity index (χ2n) is 6.60. The lowest BCUT2D eigenvalue weighted by atomic mass is 10.1. The molecule has 6 nitrogen and oxygen atoms in total. The molecule has 134 valence electrons. The molecule has 0 saturated carbocycles. The van der Waals surface area contributed by atoms with Gasteiger partial charge < -0.3 is 5.11 Å². The molecule has 0 aliphatic heterocycles. The normalized spacial score (nSPS) is 11.1. The van der Waals surface area contributed by atoms with Crippen molar-refractivity contribution in [2.45, 2.75) is 20.8 Å². The van der Waals surface area contributed by atoms with Gasteiger partial charge in [-0.15, -0.1) is 0 Å². The number of aromatic carboxylic acids is 1. The molecular formula is C21H18N4O2. The van der Waals surface area contributed by atoms with Crippen molar-refractivity contribution in [1.29, 1.82) is 0 Å². The molecule has 3 heterocycles. The molecule has 0 unspecified atom stereocenters. The molecule has 0 saturated heterocycles. The van der Waals surface area contributed by atoms with Crippen molar-refractivity contribution in [3.8, 4) is 16.9 Å². The number of benzene rings is 1. The van der Waals surface area contributed by atoms with Crippen molar-refractivity contribution in [3.05, 3.63) is 71.3 Å². The van der Waals surface area contributed by atoms with Gasteiger partial charge in [0.05, 0.1) is 34.4 Å². The van der Waals surface area contributed by atoms with Crippen LogP contribution in [0.2, 0.25) is 0 Å². The van der Waals surface area contributed by atoms with Crippen molar-refractivity contribution in [2.24, 2.45) is 0 Å². The van der Waals surface area contributed by atoms with E-state index in [1.54, 1.807) is 24.5 Å². The molecule has 0 amide bonds. The molecule has 3 aromatic heterocycles. The van der Waals surface area contributed by atoms with E-state index in [1.807, 2.05) is 25.5 Å². The maximum absolute atomic E-state index is 11.7. The summed E-state index contributed by atoms with van der Waals surface area (Å²) >= 11 is 0. The van der Waals surface area contributed by atoms with Gasteiger partial charge in [-0.2, -0.15) is 5.10 Å². The highest BCUT2D eigenvalue weighted by molar-refractivity contribution is 6.03.